The summed E-state index contributed by atoms with van der Waals surface area (Å²) in [6.07, 6.45) is 2.32. The van der Waals surface area contributed by atoms with Crippen LogP contribution < -0.4 is 5.32 Å². The van der Waals surface area contributed by atoms with E-state index in [1.54, 1.807) is 0 Å². The molecule has 0 aromatic heterocycles. The van der Waals surface area contributed by atoms with E-state index in [-0.39, 0.29) is 12.6 Å². The quantitative estimate of drug-likeness (QED) is 0.345. The first-order valence-corrected chi connectivity index (χ1v) is 5.34. The fourth-order valence-corrected chi connectivity index (χ4v) is 1.10. The summed E-state index contributed by atoms with van der Waals surface area (Å²) in [4.78, 5) is 10.6. The van der Waals surface area contributed by atoms with Crippen LogP contribution in [0.4, 0.5) is 0 Å². The maximum atomic E-state index is 10.6. The van der Waals surface area contributed by atoms with Crippen molar-refractivity contribution in [3.8, 4) is 0 Å². The molecule has 4 nitrogen and oxygen atoms in total. The lowest BCUT2D eigenvalue weighted by atomic mass is 10.2. The smallest absolute Gasteiger partial charge is 0.139 e. The van der Waals surface area contributed by atoms with Crippen LogP contribution >= 0.6 is 0 Å². The van der Waals surface area contributed by atoms with Crippen LogP contribution in [0.25, 0.3) is 0 Å². The van der Waals surface area contributed by atoms with E-state index in [1.807, 2.05) is 13.8 Å². The van der Waals surface area contributed by atoms with Gasteiger partial charge in [0.25, 0.3) is 0 Å². The Hall–Kier alpha value is -0.870. The first-order chi connectivity index (χ1) is 7.13. The summed E-state index contributed by atoms with van der Waals surface area (Å²) in [5.41, 5.74) is 0. The number of hydrogen-bond acceptors (Lipinski definition) is 4. The van der Waals surface area contributed by atoms with Gasteiger partial charge in [0.05, 0.1) is 11.8 Å². The average molecular weight is 215 g/mol. The molecular formula is C11H21NO3. The Morgan fingerprint density at radius 2 is 2.27 bits per heavy atom. The molecule has 0 rings (SSSR count). The van der Waals surface area contributed by atoms with Crippen LogP contribution in [-0.4, -0.2) is 30.3 Å². The van der Waals surface area contributed by atoms with Gasteiger partial charge in [0, 0.05) is 6.42 Å². The van der Waals surface area contributed by atoms with Gasteiger partial charge in [-0.15, -0.1) is 0 Å². The van der Waals surface area contributed by atoms with Crippen molar-refractivity contribution in [3.63, 3.8) is 0 Å². The van der Waals surface area contributed by atoms with Crippen LogP contribution in [0, 0.1) is 0 Å². The third-order valence-electron chi connectivity index (χ3n) is 2.01. The highest BCUT2D eigenvalue weighted by Crippen LogP contribution is 2.00. The summed E-state index contributed by atoms with van der Waals surface area (Å²) < 4.78 is 5.15. The second kappa shape index (κ2) is 8.44. The van der Waals surface area contributed by atoms with Crippen LogP contribution in [-0.2, 0) is 9.53 Å². The molecule has 0 fully saturated rings. The number of carbonyl (C=O) groups is 1. The van der Waals surface area contributed by atoms with Crippen LogP contribution in [0.2, 0.25) is 0 Å². The van der Waals surface area contributed by atoms with Crippen molar-refractivity contribution in [2.75, 3.05) is 6.61 Å². The highest BCUT2D eigenvalue weighted by atomic mass is 16.5. The van der Waals surface area contributed by atoms with E-state index in [0.29, 0.717) is 5.76 Å². The number of hydrogen-bond donors (Lipinski definition) is 2. The van der Waals surface area contributed by atoms with Crippen molar-refractivity contribution in [3.05, 3.63) is 12.3 Å². The molecule has 2 N–H and O–H groups in total. The van der Waals surface area contributed by atoms with E-state index in [2.05, 4.69) is 11.9 Å². The zero-order chi connectivity index (χ0) is 11.7. The second-order valence-corrected chi connectivity index (χ2v) is 3.42. The normalized spacial score (nSPS) is 14.3. The Morgan fingerprint density at radius 3 is 2.73 bits per heavy atom. The molecule has 0 aliphatic carbocycles. The maximum Gasteiger partial charge on any atom is 0.139 e. The van der Waals surface area contributed by atoms with Crippen LogP contribution in [0.5, 0.6) is 0 Å². The van der Waals surface area contributed by atoms with Crippen molar-refractivity contribution >= 4 is 6.29 Å². The van der Waals surface area contributed by atoms with Gasteiger partial charge in [-0.2, -0.15) is 0 Å². The number of aliphatic hydroxyl groups excluding tert-OH is 1. The summed E-state index contributed by atoms with van der Waals surface area (Å²) in [7, 11) is 0. The van der Waals surface area contributed by atoms with Gasteiger partial charge in [-0.1, -0.05) is 26.8 Å². The molecule has 88 valence electrons. The largest absolute Gasteiger partial charge is 0.494 e. The first-order valence-electron chi connectivity index (χ1n) is 5.34. The topological polar surface area (TPSA) is 58.6 Å². The predicted octanol–water partition coefficient (Wildman–Crippen LogP) is 1.20. The van der Waals surface area contributed by atoms with Crippen molar-refractivity contribution < 1.29 is 14.6 Å². The van der Waals surface area contributed by atoms with E-state index >= 15 is 0 Å². The molecule has 4 heteroatoms. The molecule has 0 aliphatic heterocycles. The van der Waals surface area contributed by atoms with Gasteiger partial charge in [0.2, 0.25) is 0 Å². The molecule has 0 spiro atoms. The number of carbonyl (C=O) groups excluding carboxylic acids is 1. The Bertz CT molecular complexity index is 194. The fraction of sp³-hybridized carbons (Fsp3) is 0.727. The minimum atomic E-state index is -0.824. The van der Waals surface area contributed by atoms with Gasteiger partial charge in [-0.05, 0) is 6.42 Å². The molecule has 0 aromatic carbocycles. The van der Waals surface area contributed by atoms with Gasteiger partial charge < -0.3 is 14.6 Å². The van der Waals surface area contributed by atoms with Gasteiger partial charge in [0.1, 0.15) is 19.1 Å². The maximum absolute atomic E-state index is 10.6. The summed E-state index contributed by atoms with van der Waals surface area (Å²) in [5.74, 6) is 0.633. The third-order valence-corrected chi connectivity index (χ3v) is 2.01. The van der Waals surface area contributed by atoms with Crippen molar-refractivity contribution in [1.82, 2.24) is 5.32 Å². The van der Waals surface area contributed by atoms with Gasteiger partial charge in [0.15, 0.2) is 0 Å². The van der Waals surface area contributed by atoms with Crippen molar-refractivity contribution in [1.29, 1.82) is 0 Å². The minimum absolute atomic E-state index is 0.126. The summed E-state index contributed by atoms with van der Waals surface area (Å²) in [6.45, 7) is 7.69. The van der Waals surface area contributed by atoms with E-state index in [0.717, 1.165) is 25.5 Å². The Balaban J connectivity index is 3.74. The lowest BCUT2D eigenvalue weighted by molar-refractivity contribution is -0.110. The van der Waals surface area contributed by atoms with Gasteiger partial charge >= 0.3 is 0 Å². The molecule has 0 heterocycles. The van der Waals surface area contributed by atoms with E-state index in [4.69, 9.17) is 4.74 Å². The lowest BCUT2D eigenvalue weighted by Crippen LogP contribution is -2.41. The van der Waals surface area contributed by atoms with E-state index in [9.17, 15) is 9.90 Å². The lowest BCUT2D eigenvalue weighted by Gasteiger charge is -2.18. The van der Waals surface area contributed by atoms with Crippen LogP contribution in [0.3, 0.4) is 0 Å². The van der Waals surface area contributed by atoms with Gasteiger partial charge in [-0.25, -0.2) is 0 Å². The third kappa shape index (κ3) is 7.11. The standard InChI is InChI=1S/C11H21NO3/c1-4-6-10(7-13)12-11(14)8-15-9(3)5-2/h7,10-12,14H,3-6,8H2,1-2H3/t10-,11?/m0/s1. The number of allylic oxidation sites excluding steroid dienone is 1. The molecule has 0 aromatic rings. The monoisotopic (exact) mass is 215 g/mol. The Kier molecular flexibility index (Phi) is 7.95. The number of rotatable bonds is 9. The molecule has 0 saturated carbocycles. The zero-order valence-corrected chi connectivity index (χ0v) is 9.53. The second-order valence-electron chi connectivity index (χ2n) is 3.42. The molecule has 1 unspecified atom stereocenters. The number of aldehydes is 1. The molecule has 0 radical (unpaired) electrons. The SMILES string of the molecule is C=C(CC)OCC(O)N[C@H](C=O)CCC. The number of ether oxygens (including phenoxy) is 1. The molecule has 0 amide bonds. The highest BCUT2D eigenvalue weighted by Gasteiger charge is 2.11. The molecule has 2 atom stereocenters. The summed E-state index contributed by atoms with van der Waals surface area (Å²) in [6, 6.07) is -0.302. The number of nitrogens with one attached hydrogen (secondary N) is 1. The average Bonchev–Trinajstić information content (AvgIpc) is 2.25. The zero-order valence-electron chi connectivity index (χ0n) is 9.53. The molecule has 15 heavy (non-hydrogen) atoms. The highest BCUT2D eigenvalue weighted by molar-refractivity contribution is 5.57. The first kappa shape index (κ1) is 14.1. The number of aliphatic hydroxyl groups is 1. The molecule has 0 bridgehead atoms. The van der Waals surface area contributed by atoms with Crippen molar-refractivity contribution in [2.45, 2.75) is 45.4 Å². The van der Waals surface area contributed by atoms with Crippen LogP contribution in [0.1, 0.15) is 33.1 Å². The van der Waals surface area contributed by atoms with Crippen LogP contribution in [0.15, 0.2) is 12.3 Å². The van der Waals surface area contributed by atoms with Crippen molar-refractivity contribution in [2.24, 2.45) is 0 Å². The predicted molar refractivity (Wildman–Crippen MR) is 59.3 cm³/mol. The van der Waals surface area contributed by atoms with E-state index in [1.165, 1.54) is 0 Å². The summed E-state index contributed by atoms with van der Waals surface area (Å²) >= 11 is 0. The molecular weight excluding hydrogens is 194 g/mol. The molecule has 0 saturated heterocycles. The molecule has 0 aliphatic rings. The van der Waals surface area contributed by atoms with Gasteiger partial charge in [-0.3, -0.25) is 5.32 Å². The Morgan fingerprint density at radius 1 is 1.60 bits per heavy atom. The van der Waals surface area contributed by atoms with E-state index < -0.39 is 6.23 Å². The minimum Gasteiger partial charge on any atom is -0.494 e. The Labute approximate surface area is 91.3 Å². The summed E-state index contributed by atoms with van der Waals surface area (Å²) in [5, 5.41) is 12.3. The fourth-order valence-electron chi connectivity index (χ4n) is 1.10.